The molecule has 44 heavy (non-hydrogen) atoms. The fourth-order valence-electron chi connectivity index (χ4n) is 5.37. The predicted octanol–water partition coefficient (Wildman–Crippen LogP) is 9.05. The smallest absolute Gasteiger partial charge is 0.379 e. The summed E-state index contributed by atoms with van der Waals surface area (Å²) in [5.41, 5.74) is 4.39. The highest BCUT2D eigenvalue weighted by atomic mass is 31.2. The number of carbonyl (C=O) groups excluding carboxylic acids is 1. The van der Waals surface area contributed by atoms with Crippen molar-refractivity contribution < 1.29 is 23.1 Å². The Morgan fingerprint density at radius 1 is 0.795 bits per heavy atom. The number of para-hydroxylation sites is 1. The molecule has 224 valence electrons. The van der Waals surface area contributed by atoms with Crippen molar-refractivity contribution >= 4 is 51.6 Å². The average molecular weight is 607 g/mol. The number of carbonyl (C=O) groups is 1. The molecule has 7 nitrogen and oxygen atoms in total. The van der Waals surface area contributed by atoms with E-state index in [1.165, 1.54) is 0 Å². The van der Waals surface area contributed by atoms with Gasteiger partial charge < -0.3 is 18.8 Å². The van der Waals surface area contributed by atoms with Crippen LogP contribution in [-0.4, -0.2) is 29.2 Å². The number of aromatic amines is 1. The van der Waals surface area contributed by atoms with Gasteiger partial charge in [0.25, 0.3) is 0 Å². The number of esters is 1. The van der Waals surface area contributed by atoms with Crippen LogP contribution >= 0.6 is 7.60 Å². The first-order chi connectivity index (χ1) is 21.1. The molecule has 2 heterocycles. The highest BCUT2D eigenvalue weighted by molar-refractivity contribution is 7.61. The topological polar surface area (TPSA) is 90.5 Å². The maximum absolute atomic E-state index is 13.8. The van der Waals surface area contributed by atoms with Crippen LogP contribution in [0.3, 0.4) is 0 Å². The molecular weight excluding hydrogens is 571 g/mol. The van der Waals surface area contributed by atoms with E-state index in [4.69, 9.17) is 18.8 Å². The molecule has 1 N–H and O–H groups in total. The Labute approximate surface area is 256 Å². The summed E-state index contributed by atoms with van der Waals surface area (Å²) in [5, 5.41) is 3.77. The lowest BCUT2D eigenvalue weighted by atomic mass is 9.93. The van der Waals surface area contributed by atoms with Crippen molar-refractivity contribution in [2.24, 2.45) is 5.41 Å². The highest BCUT2D eigenvalue weighted by Crippen LogP contribution is 2.47. The summed E-state index contributed by atoms with van der Waals surface area (Å²) >= 11 is 0. The molecule has 0 spiro atoms. The number of nitrogens with one attached hydrogen (secondary N) is 1. The number of ether oxygens (including phenoxy) is 1. The van der Waals surface area contributed by atoms with Gasteiger partial charge in [-0.05, 0) is 81.3 Å². The Kier molecular flexibility index (Phi) is 7.89. The number of pyridine rings is 1. The maximum atomic E-state index is 13.8. The minimum Gasteiger partial charge on any atom is -0.423 e. The molecule has 0 aliphatic heterocycles. The number of fused-ring (bicyclic) bond motifs is 3. The Hall–Kier alpha value is -4.29. The fraction of sp³-hybridized carbons (Fsp3) is 0.222. The molecular formula is C36H35N2O5P. The molecule has 6 aromatic rings. The number of hydrogen-bond donors (Lipinski definition) is 1. The second-order valence-electron chi connectivity index (χ2n) is 11.6. The van der Waals surface area contributed by atoms with E-state index in [1.54, 1.807) is 19.9 Å². The highest BCUT2D eigenvalue weighted by Gasteiger charge is 2.30. The van der Waals surface area contributed by atoms with Gasteiger partial charge in [-0.15, -0.1) is 0 Å². The molecule has 0 aliphatic carbocycles. The standard InChI is InChI=1S/C36H35N2O5P/c1-6-41-44(40,42-7-2)31-20-19-24-21-25(22-29(32(24)38-31)27-17-12-14-23-13-8-9-15-26(23)27)33-34(43-35(39)36(3,4)5)28-16-10-11-18-30(28)37-33/h8-22,37H,6-7H2,1-5H3. The van der Waals surface area contributed by atoms with E-state index in [2.05, 4.69) is 29.2 Å². The van der Waals surface area contributed by atoms with Crippen LogP contribution in [0.4, 0.5) is 0 Å². The molecule has 0 radical (unpaired) electrons. The molecule has 0 atom stereocenters. The number of hydrogen-bond acceptors (Lipinski definition) is 6. The first-order valence-corrected chi connectivity index (χ1v) is 16.3. The van der Waals surface area contributed by atoms with Crippen molar-refractivity contribution in [1.29, 1.82) is 0 Å². The minimum atomic E-state index is -3.64. The van der Waals surface area contributed by atoms with E-state index in [0.717, 1.165) is 43.8 Å². The summed E-state index contributed by atoms with van der Waals surface area (Å²) in [4.78, 5) is 21.6. The fourth-order valence-corrected chi connectivity index (χ4v) is 6.87. The summed E-state index contributed by atoms with van der Waals surface area (Å²) in [6, 6.07) is 29.8. The zero-order valence-corrected chi connectivity index (χ0v) is 26.4. The second-order valence-corrected chi connectivity index (χ2v) is 13.6. The van der Waals surface area contributed by atoms with Crippen LogP contribution in [0, 0.1) is 5.41 Å². The van der Waals surface area contributed by atoms with E-state index in [0.29, 0.717) is 17.0 Å². The largest absolute Gasteiger partial charge is 0.423 e. The lowest BCUT2D eigenvalue weighted by Crippen LogP contribution is -2.25. The van der Waals surface area contributed by atoms with E-state index in [1.807, 2.05) is 81.4 Å². The summed E-state index contributed by atoms with van der Waals surface area (Å²) in [7, 11) is -3.64. The monoisotopic (exact) mass is 606 g/mol. The van der Waals surface area contributed by atoms with Gasteiger partial charge in [-0.2, -0.15) is 0 Å². The van der Waals surface area contributed by atoms with Gasteiger partial charge in [-0.3, -0.25) is 9.36 Å². The Morgan fingerprint density at radius 2 is 1.48 bits per heavy atom. The summed E-state index contributed by atoms with van der Waals surface area (Å²) in [6.07, 6.45) is 0. The average Bonchev–Trinajstić information content (AvgIpc) is 3.38. The Balaban J connectivity index is 1.65. The third-order valence-corrected chi connectivity index (χ3v) is 9.50. The summed E-state index contributed by atoms with van der Waals surface area (Å²) < 4.78 is 31.2. The zero-order chi connectivity index (χ0) is 31.1. The summed E-state index contributed by atoms with van der Waals surface area (Å²) in [6.45, 7) is 9.53. The Bertz CT molecular complexity index is 2060. The molecule has 0 fully saturated rings. The molecule has 0 saturated carbocycles. The van der Waals surface area contributed by atoms with Gasteiger partial charge in [0.15, 0.2) is 11.2 Å². The molecule has 4 aromatic carbocycles. The van der Waals surface area contributed by atoms with E-state index in [-0.39, 0.29) is 24.6 Å². The second kappa shape index (κ2) is 11.7. The first-order valence-electron chi connectivity index (χ1n) is 14.8. The lowest BCUT2D eigenvalue weighted by Gasteiger charge is -2.19. The minimum absolute atomic E-state index is 0.225. The Morgan fingerprint density at radius 3 is 2.20 bits per heavy atom. The van der Waals surface area contributed by atoms with Crippen molar-refractivity contribution in [3.8, 4) is 28.1 Å². The van der Waals surface area contributed by atoms with Crippen LogP contribution in [-0.2, 0) is 18.4 Å². The third kappa shape index (κ3) is 5.43. The van der Waals surface area contributed by atoms with Crippen molar-refractivity contribution in [3.63, 3.8) is 0 Å². The van der Waals surface area contributed by atoms with Gasteiger partial charge in [0.2, 0.25) is 0 Å². The van der Waals surface area contributed by atoms with Gasteiger partial charge in [0, 0.05) is 27.4 Å². The van der Waals surface area contributed by atoms with Crippen LogP contribution in [0.25, 0.3) is 55.0 Å². The molecule has 8 heteroatoms. The predicted molar refractivity (Wildman–Crippen MR) is 178 cm³/mol. The SMILES string of the molecule is CCOP(=O)(OCC)c1ccc2cc(-c3[nH]c4ccccc4c3OC(=O)C(C)(C)C)cc(-c3cccc4ccccc34)c2n1. The molecule has 0 amide bonds. The van der Waals surface area contributed by atoms with E-state index >= 15 is 0 Å². The van der Waals surface area contributed by atoms with Crippen LogP contribution in [0.5, 0.6) is 5.75 Å². The summed E-state index contributed by atoms with van der Waals surface area (Å²) in [5.74, 6) is 0.151. The van der Waals surface area contributed by atoms with Gasteiger partial charge in [-0.1, -0.05) is 60.7 Å². The van der Waals surface area contributed by atoms with Crippen molar-refractivity contribution in [3.05, 3.63) is 91.0 Å². The first kappa shape index (κ1) is 29.8. The van der Waals surface area contributed by atoms with Crippen molar-refractivity contribution in [2.45, 2.75) is 34.6 Å². The zero-order valence-electron chi connectivity index (χ0n) is 25.5. The molecule has 0 bridgehead atoms. The lowest BCUT2D eigenvalue weighted by molar-refractivity contribution is -0.142. The molecule has 0 saturated heterocycles. The molecule has 0 unspecified atom stereocenters. The normalized spacial score (nSPS) is 12.3. The number of H-pyrrole nitrogens is 1. The van der Waals surface area contributed by atoms with Gasteiger partial charge >= 0.3 is 13.6 Å². The van der Waals surface area contributed by atoms with Crippen LogP contribution in [0.15, 0.2) is 91.0 Å². The van der Waals surface area contributed by atoms with E-state index in [9.17, 15) is 9.36 Å². The van der Waals surface area contributed by atoms with Crippen molar-refractivity contribution in [2.75, 3.05) is 13.2 Å². The van der Waals surface area contributed by atoms with Gasteiger partial charge in [0.05, 0.1) is 29.8 Å². The van der Waals surface area contributed by atoms with Crippen LogP contribution in [0.1, 0.15) is 34.6 Å². The number of benzene rings is 4. The third-order valence-electron chi connectivity index (χ3n) is 7.49. The van der Waals surface area contributed by atoms with Gasteiger partial charge in [0.1, 0.15) is 0 Å². The van der Waals surface area contributed by atoms with Crippen LogP contribution < -0.4 is 10.2 Å². The van der Waals surface area contributed by atoms with Crippen molar-refractivity contribution in [1.82, 2.24) is 9.97 Å². The van der Waals surface area contributed by atoms with E-state index < -0.39 is 13.0 Å². The quantitative estimate of drug-likeness (QED) is 0.137. The van der Waals surface area contributed by atoms with Gasteiger partial charge in [-0.25, -0.2) is 4.98 Å². The molecule has 0 aliphatic rings. The number of aromatic nitrogens is 2. The molecule has 6 rings (SSSR count). The number of rotatable bonds is 8. The maximum Gasteiger partial charge on any atom is 0.379 e. The number of nitrogens with zero attached hydrogens (tertiary/aromatic N) is 1. The molecule has 2 aromatic heterocycles. The van der Waals surface area contributed by atoms with Crippen LogP contribution in [0.2, 0.25) is 0 Å².